The van der Waals surface area contributed by atoms with Gasteiger partial charge in [-0.25, -0.2) is 9.18 Å². The van der Waals surface area contributed by atoms with Gasteiger partial charge in [0.2, 0.25) is 0 Å². The molecule has 0 aromatic heterocycles. The summed E-state index contributed by atoms with van der Waals surface area (Å²) in [6, 6.07) is 11.3. The topological polar surface area (TPSA) is 55.4 Å². The highest BCUT2D eigenvalue weighted by atomic mass is 19.1. The number of allylic oxidation sites excluding steroid dienone is 1. The van der Waals surface area contributed by atoms with Crippen LogP contribution in [0.15, 0.2) is 48.0 Å². The second-order valence-corrected chi connectivity index (χ2v) is 7.28. The summed E-state index contributed by atoms with van der Waals surface area (Å²) in [5.41, 5.74) is 4.23. The van der Waals surface area contributed by atoms with Crippen LogP contribution in [0.5, 0.6) is 0 Å². The van der Waals surface area contributed by atoms with Crippen molar-refractivity contribution in [2.45, 2.75) is 41.2 Å². The first-order chi connectivity index (χ1) is 13.7. The third kappa shape index (κ3) is 5.76. The molecule has 1 amide bonds. The van der Waals surface area contributed by atoms with Gasteiger partial charge >= 0.3 is 5.97 Å². The Hall–Kier alpha value is -2.95. The van der Waals surface area contributed by atoms with Crippen molar-refractivity contribution in [1.82, 2.24) is 5.32 Å². The highest BCUT2D eigenvalue weighted by Crippen LogP contribution is 2.27. The van der Waals surface area contributed by atoms with Crippen molar-refractivity contribution >= 4 is 17.4 Å². The molecule has 5 heteroatoms. The molecule has 0 aliphatic heterocycles. The van der Waals surface area contributed by atoms with Gasteiger partial charge in [-0.2, -0.15) is 0 Å². The molecule has 4 nitrogen and oxygen atoms in total. The molecule has 1 N–H and O–H groups in total. The number of carbonyl (C=O) groups is 2. The van der Waals surface area contributed by atoms with Gasteiger partial charge in [0.1, 0.15) is 5.82 Å². The number of aryl methyl sites for hydroxylation is 1. The van der Waals surface area contributed by atoms with Crippen LogP contribution in [-0.4, -0.2) is 18.5 Å². The molecule has 0 saturated heterocycles. The van der Waals surface area contributed by atoms with Gasteiger partial charge in [0, 0.05) is 12.1 Å². The number of hydrogen-bond donors (Lipinski definition) is 1. The number of amides is 1. The Morgan fingerprint density at radius 1 is 1.14 bits per heavy atom. The van der Waals surface area contributed by atoms with Crippen molar-refractivity contribution in [2.24, 2.45) is 5.92 Å². The normalized spacial score (nSPS) is 11.8. The number of hydrogen-bond acceptors (Lipinski definition) is 3. The fraction of sp³-hybridized carbons (Fsp3) is 0.333. The molecule has 0 spiro atoms. The Labute approximate surface area is 171 Å². The molecule has 0 aliphatic carbocycles. The summed E-state index contributed by atoms with van der Waals surface area (Å²) >= 11 is 0. The number of esters is 1. The Morgan fingerprint density at radius 3 is 2.45 bits per heavy atom. The van der Waals surface area contributed by atoms with Crippen LogP contribution in [-0.2, 0) is 16.1 Å². The quantitative estimate of drug-likeness (QED) is 0.525. The maximum atomic E-state index is 13.4. The van der Waals surface area contributed by atoms with Crippen LogP contribution >= 0.6 is 0 Å². The van der Waals surface area contributed by atoms with Crippen LogP contribution in [0.3, 0.4) is 0 Å². The number of carbonyl (C=O) groups excluding carboxylic acids is 2. The minimum Gasteiger partial charge on any atom is -0.462 e. The highest BCUT2D eigenvalue weighted by Gasteiger charge is 2.20. The van der Waals surface area contributed by atoms with E-state index in [9.17, 15) is 14.0 Å². The number of benzene rings is 2. The second kappa shape index (κ2) is 10.0. The Bertz CT molecular complexity index is 931. The maximum absolute atomic E-state index is 13.4. The van der Waals surface area contributed by atoms with E-state index in [1.165, 1.54) is 12.1 Å². The zero-order valence-electron chi connectivity index (χ0n) is 17.6. The van der Waals surface area contributed by atoms with Gasteiger partial charge in [0.15, 0.2) is 0 Å². The van der Waals surface area contributed by atoms with Crippen LogP contribution in [0, 0.1) is 18.7 Å². The summed E-state index contributed by atoms with van der Waals surface area (Å²) in [6.07, 6.45) is 0. The summed E-state index contributed by atoms with van der Waals surface area (Å²) in [5.74, 6) is -0.790. The average molecular weight is 397 g/mol. The van der Waals surface area contributed by atoms with E-state index in [4.69, 9.17) is 4.74 Å². The van der Waals surface area contributed by atoms with Crippen LogP contribution < -0.4 is 5.32 Å². The van der Waals surface area contributed by atoms with Crippen LogP contribution in [0.2, 0.25) is 0 Å². The molecule has 2 aromatic carbocycles. The molecule has 0 atom stereocenters. The van der Waals surface area contributed by atoms with Crippen molar-refractivity contribution in [2.75, 3.05) is 6.61 Å². The van der Waals surface area contributed by atoms with Crippen molar-refractivity contribution in [3.63, 3.8) is 0 Å². The van der Waals surface area contributed by atoms with E-state index in [1.54, 1.807) is 37.3 Å². The minimum absolute atomic E-state index is 0.161. The Kier molecular flexibility index (Phi) is 7.71. The largest absolute Gasteiger partial charge is 0.462 e. The number of nitrogens with one attached hydrogen (secondary N) is 1. The van der Waals surface area contributed by atoms with Gasteiger partial charge in [0.25, 0.3) is 5.91 Å². The van der Waals surface area contributed by atoms with Crippen molar-refractivity contribution in [3.8, 4) is 0 Å². The van der Waals surface area contributed by atoms with Gasteiger partial charge in [-0.05, 0) is 67.6 Å². The van der Waals surface area contributed by atoms with Crippen LogP contribution in [0.1, 0.15) is 54.7 Å². The van der Waals surface area contributed by atoms with E-state index in [0.717, 1.165) is 16.7 Å². The summed E-state index contributed by atoms with van der Waals surface area (Å²) in [5, 5.41) is 2.89. The van der Waals surface area contributed by atoms with Gasteiger partial charge in [-0.3, -0.25) is 4.79 Å². The maximum Gasteiger partial charge on any atom is 0.338 e. The molecule has 0 fully saturated rings. The van der Waals surface area contributed by atoms with Gasteiger partial charge < -0.3 is 10.1 Å². The molecule has 2 rings (SSSR count). The first kappa shape index (κ1) is 22.3. The van der Waals surface area contributed by atoms with Crippen molar-refractivity contribution < 1.29 is 18.7 Å². The third-order valence-electron chi connectivity index (χ3n) is 4.84. The zero-order chi connectivity index (χ0) is 21.6. The molecule has 2 aromatic rings. The summed E-state index contributed by atoms with van der Waals surface area (Å²) in [6.45, 7) is 10.1. The number of ether oxygens (including phenoxy) is 1. The predicted molar refractivity (Wildman–Crippen MR) is 113 cm³/mol. The lowest BCUT2D eigenvalue weighted by molar-refractivity contribution is -0.115. The highest BCUT2D eigenvalue weighted by molar-refractivity contribution is 6.21. The molecule has 0 heterocycles. The fourth-order valence-corrected chi connectivity index (χ4v) is 3.01. The first-order valence-corrected chi connectivity index (χ1v) is 9.76. The minimum atomic E-state index is -0.385. The fourth-order valence-electron chi connectivity index (χ4n) is 3.01. The van der Waals surface area contributed by atoms with Crippen molar-refractivity contribution in [3.05, 3.63) is 76.1 Å². The lowest BCUT2D eigenvalue weighted by Gasteiger charge is -2.18. The van der Waals surface area contributed by atoms with E-state index >= 15 is 0 Å². The molecule has 0 unspecified atom stereocenters. The third-order valence-corrected chi connectivity index (χ3v) is 4.84. The first-order valence-electron chi connectivity index (χ1n) is 9.76. The monoisotopic (exact) mass is 397 g/mol. The van der Waals surface area contributed by atoms with E-state index in [1.807, 2.05) is 27.7 Å². The molecule has 154 valence electrons. The van der Waals surface area contributed by atoms with Gasteiger partial charge in [-0.1, -0.05) is 37.6 Å². The molecular weight excluding hydrogens is 369 g/mol. The van der Waals surface area contributed by atoms with E-state index < -0.39 is 0 Å². The standard InChI is InChI=1S/C24H28FNO3/c1-6-29-24(28)19-10-11-21(16(4)12-19)22(17(5)15(2)3)23(27)26-14-18-8-7-9-20(25)13-18/h7-13,15H,6,14H2,1-5H3,(H,26,27)/b22-17-. The number of rotatable bonds is 7. The van der Waals surface area contributed by atoms with Crippen molar-refractivity contribution in [1.29, 1.82) is 0 Å². The van der Waals surface area contributed by atoms with Crippen LogP contribution in [0.25, 0.3) is 5.57 Å². The van der Waals surface area contributed by atoms with E-state index in [2.05, 4.69) is 5.32 Å². The second-order valence-electron chi connectivity index (χ2n) is 7.28. The van der Waals surface area contributed by atoms with Crippen LogP contribution in [0.4, 0.5) is 4.39 Å². The molecule has 0 radical (unpaired) electrons. The molecular formula is C24H28FNO3. The van der Waals surface area contributed by atoms with E-state index in [-0.39, 0.29) is 30.2 Å². The SMILES string of the molecule is CCOC(=O)c1ccc(/C(C(=O)NCc2cccc(F)c2)=C(\C)C(C)C)c(C)c1. The molecule has 0 bridgehead atoms. The Balaban J connectivity index is 2.35. The summed E-state index contributed by atoms with van der Waals surface area (Å²) in [4.78, 5) is 25.1. The Morgan fingerprint density at radius 2 is 1.86 bits per heavy atom. The average Bonchev–Trinajstić information content (AvgIpc) is 2.67. The lowest BCUT2D eigenvalue weighted by atomic mass is 9.90. The molecule has 29 heavy (non-hydrogen) atoms. The van der Waals surface area contributed by atoms with Gasteiger partial charge in [0.05, 0.1) is 12.2 Å². The van der Waals surface area contributed by atoms with E-state index in [0.29, 0.717) is 23.3 Å². The predicted octanol–water partition coefficient (Wildman–Crippen LogP) is 5.06. The molecule has 0 aliphatic rings. The van der Waals surface area contributed by atoms with Gasteiger partial charge in [-0.15, -0.1) is 0 Å². The smallest absolute Gasteiger partial charge is 0.338 e. The summed E-state index contributed by atoms with van der Waals surface area (Å²) < 4.78 is 18.5. The molecule has 0 saturated carbocycles. The summed E-state index contributed by atoms with van der Waals surface area (Å²) in [7, 11) is 0. The zero-order valence-corrected chi connectivity index (χ0v) is 17.6. The number of halogens is 1. The lowest BCUT2D eigenvalue weighted by Crippen LogP contribution is -2.25.